The third kappa shape index (κ3) is 6.61. The van der Waals surface area contributed by atoms with Crippen LogP contribution in [0.1, 0.15) is 43.1 Å². The zero-order chi connectivity index (χ0) is 20.5. The first-order chi connectivity index (χ1) is 13.4. The van der Waals surface area contributed by atoms with E-state index in [9.17, 15) is 9.59 Å². The van der Waals surface area contributed by atoms with Crippen molar-refractivity contribution in [3.05, 3.63) is 59.7 Å². The number of hydrogen-bond acceptors (Lipinski definition) is 4. The van der Waals surface area contributed by atoms with Crippen molar-refractivity contribution in [2.75, 3.05) is 6.61 Å². The van der Waals surface area contributed by atoms with Crippen molar-refractivity contribution in [3.63, 3.8) is 0 Å². The summed E-state index contributed by atoms with van der Waals surface area (Å²) in [5, 5.41) is 0. The van der Waals surface area contributed by atoms with E-state index >= 15 is 0 Å². The number of hydrogen-bond donors (Lipinski definition) is 2. The molecule has 6 heteroatoms. The summed E-state index contributed by atoms with van der Waals surface area (Å²) >= 11 is 0. The highest BCUT2D eigenvalue weighted by Crippen LogP contribution is 2.15. The quantitative estimate of drug-likeness (QED) is 0.681. The molecule has 1 unspecified atom stereocenters. The number of amides is 2. The van der Waals surface area contributed by atoms with Gasteiger partial charge in [0.2, 0.25) is 0 Å². The smallest absolute Gasteiger partial charge is 0.279 e. The molecule has 150 valence electrons. The van der Waals surface area contributed by atoms with Crippen molar-refractivity contribution in [3.8, 4) is 11.5 Å². The highest BCUT2D eigenvalue weighted by molar-refractivity contribution is 5.95. The maximum absolute atomic E-state index is 12.3. The molecule has 0 aliphatic rings. The minimum Gasteiger partial charge on any atom is -0.493 e. The molecular weight excluding hydrogens is 356 g/mol. The molecule has 0 aliphatic heterocycles. The van der Waals surface area contributed by atoms with E-state index in [-0.39, 0.29) is 0 Å². The Kier molecular flexibility index (Phi) is 7.87. The monoisotopic (exact) mass is 384 g/mol. The van der Waals surface area contributed by atoms with Gasteiger partial charge in [0.15, 0.2) is 6.10 Å². The standard InChI is InChI=1S/C22H28N2O4/c1-5-20(28-19-10-6-16(4)7-11-19)22(26)24-23-21(25)17-8-12-18(13-9-17)27-14-15(2)3/h6-13,15,20H,5,14H2,1-4H3,(H,23,25)(H,24,26). The van der Waals surface area contributed by atoms with E-state index < -0.39 is 17.9 Å². The lowest BCUT2D eigenvalue weighted by Gasteiger charge is -2.17. The maximum atomic E-state index is 12.3. The van der Waals surface area contributed by atoms with E-state index in [0.717, 1.165) is 5.56 Å². The van der Waals surface area contributed by atoms with Crippen LogP contribution in [0.15, 0.2) is 48.5 Å². The molecule has 28 heavy (non-hydrogen) atoms. The maximum Gasteiger partial charge on any atom is 0.279 e. The first-order valence-electron chi connectivity index (χ1n) is 9.45. The van der Waals surface area contributed by atoms with Crippen LogP contribution in [0, 0.1) is 12.8 Å². The Bertz CT molecular complexity index is 770. The molecule has 0 bridgehead atoms. The van der Waals surface area contributed by atoms with Crippen molar-refractivity contribution in [2.45, 2.75) is 40.2 Å². The summed E-state index contributed by atoms with van der Waals surface area (Å²) < 4.78 is 11.3. The predicted molar refractivity (Wildman–Crippen MR) is 108 cm³/mol. The van der Waals surface area contributed by atoms with Crippen LogP contribution in [0.4, 0.5) is 0 Å². The number of ether oxygens (including phenoxy) is 2. The molecule has 2 rings (SSSR count). The normalized spacial score (nSPS) is 11.6. The van der Waals surface area contributed by atoms with Crippen LogP contribution in [0.5, 0.6) is 11.5 Å². The lowest BCUT2D eigenvalue weighted by atomic mass is 10.2. The summed E-state index contributed by atoms with van der Waals surface area (Å²) in [7, 11) is 0. The van der Waals surface area contributed by atoms with Crippen LogP contribution in [0.3, 0.4) is 0 Å². The highest BCUT2D eigenvalue weighted by atomic mass is 16.5. The van der Waals surface area contributed by atoms with Crippen molar-refractivity contribution < 1.29 is 19.1 Å². The fourth-order valence-corrected chi connectivity index (χ4v) is 2.34. The minimum absolute atomic E-state index is 0.408. The second-order valence-electron chi connectivity index (χ2n) is 7.00. The zero-order valence-electron chi connectivity index (χ0n) is 16.8. The van der Waals surface area contributed by atoms with Crippen molar-refractivity contribution in [1.29, 1.82) is 0 Å². The van der Waals surface area contributed by atoms with Crippen LogP contribution in [0.2, 0.25) is 0 Å². The summed E-state index contributed by atoms with van der Waals surface area (Å²) in [6.45, 7) is 8.57. The molecule has 0 heterocycles. The van der Waals surface area contributed by atoms with Gasteiger partial charge in [0.25, 0.3) is 11.8 Å². The minimum atomic E-state index is -0.699. The second kappa shape index (κ2) is 10.3. The zero-order valence-corrected chi connectivity index (χ0v) is 16.8. The van der Waals surface area contributed by atoms with E-state index in [1.54, 1.807) is 24.3 Å². The van der Waals surface area contributed by atoms with E-state index in [1.807, 2.05) is 38.1 Å². The van der Waals surface area contributed by atoms with E-state index in [2.05, 4.69) is 24.7 Å². The van der Waals surface area contributed by atoms with Crippen LogP contribution >= 0.6 is 0 Å². The summed E-state index contributed by atoms with van der Waals surface area (Å²) in [5.41, 5.74) is 6.37. The molecule has 0 aromatic heterocycles. The Morgan fingerprint density at radius 2 is 1.54 bits per heavy atom. The van der Waals surface area contributed by atoms with Crippen molar-refractivity contribution in [1.82, 2.24) is 10.9 Å². The Hall–Kier alpha value is -3.02. The molecule has 2 amide bonds. The lowest BCUT2D eigenvalue weighted by Crippen LogP contribution is -2.47. The van der Waals surface area contributed by atoms with Gasteiger partial charge in [0.1, 0.15) is 11.5 Å². The van der Waals surface area contributed by atoms with Crippen LogP contribution < -0.4 is 20.3 Å². The van der Waals surface area contributed by atoms with E-state index in [1.165, 1.54) is 0 Å². The topological polar surface area (TPSA) is 76.7 Å². The second-order valence-corrected chi connectivity index (χ2v) is 7.00. The Morgan fingerprint density at radius 3 is 2.11 bits per heavy atom. The molecule has 0 aliphatic carbocycles. The van der Waals surface area contributed by atoms with Crippen LogP contribution in [0.25, 0.3) is 0 Å². The molecule has 2 N–H and O–H groups in total. The van der Waals surface area contributed by atoms with Gasteiger partial charge in [-0.15, -0.1) is 0 Å². The molecule has 0 spiro atoms. The number of carbonyl (C=O) groups excluding carboxylic acids is 2. The molecule has 2 aromatic rings. The third-order valence-electron chi connectivity index (χ3n) is 3.96. The van der Waals surface area contributed by atoms with E-state index in [0.29, 0.717) is 36.0 Å². The number of aryl methyl sites for hydroxylation is 1. The Morgan fingerprint density at radius 1 is 0.929 bits per heavy atom. The summed E-state index contributed by atoms with van der Waals surface area (Å²) in [6, 6.07) is 14.2. The largest absolute Gasteiger partial charge is 0.493 e. The van der Waals surface area contributed by atoms with Gasteiger partial charge < -0.3 is 9.47 Å². The lowest BCUT2D eigenvalue weighted by molar-refractivity contribution is -0.128. The van der Waals surface area contributed by atoms with Gasteiger partial charge >= 0.3 is 0 Å². The number of benzene rings is 2. The average molecular weight is 384 g/mol. The van der Waals surface area contributed by atoms with Gasteiger partial charge in [-0.2, -0.15) is 0 Å². The fourth-order valence-electron chi connectivity index (χ4n) is 2.34. The summed E-state index contributed by atoms with van der Waals surface area (Å²) in [4.78, 5) is 24.5. The molecule has 2 aromatic carbocycles. The van der Waals surface area contributed by atoms with Gasteiger partial charge in [-0.1, -0.05) is 38.5 Å². The average Bonchev–Trinajstić information content (AvgIpc) is 2.70. The molecular formula is C22H28N2O4. The molecule has 0 saturated heterocycles. The van der Waals surface area contributed by atoms with Gasteiger partial charge in [0, 0.05) is 5.56 Å². The van der Waals surface area contributed by atoms with Gasteiger partial charge in [-0.3, -0.25) is 20.4 Å². The van der Waals surface area contributed by atoms with Gasteiger partial charge in [-0.25, -0.2) is 0 Å². The molecule has 6 nitrogen and oxygen atoms in total. The first-order valence-corrected chi connectivity index (χ1v) is 9.45. The Labute approximate surface area is 166 Å². The molecule has 0 fully saturated rings. The highest BCUT2D eigenvalue weighted by Gasteiger charge is 2.19. The van der Waals surface area contributed by atoms with Gasteiger partial charge in [0.05, 0.1) is 6.61 Å². The fraction of sp³-hybridized carbons (Fsp3) is 0.364. The number of carbonyl (C=O) groups is 2. The number of rotatable bonds is 8. The molecule has 1 atom stereocenters. The summed E-state index contributed by atoms with van der Waals surface area (Å²) in [5.74, 6) is 0.914. The third-order valence-corrected chi connectivity index (χ3v) is 3.96. The number of hydrazine groups is 1. The number of nitrogens with one attached hydrogen (secondary N) is 2. The predicted octanol–water partition coefficient (Wildman–Crippen LogP) is 3.65. The van der Waals surface area contributed by atoms with Crippen molar-refractivity contribution in [2.24, 2.45) is 5.92 Å². The summed E-state index contributed by atoms with van der Waals surface area (Å²) in [6.07, 6.45) is -0.230. The molecule has 0 saturated carbocycles. The van der Waals surface area contributed by atoms with Crippen LogP contribution in [-0.2, 0) is 4.79 Å². The first kappa shape index (κ1) is 21.3. The van der Waals surface area contributed by atoms with Crippen LogP contribution in [-0.4, -0.2) is 24.5 Å². The van der Waals surface area contributed by atoms with E-state index in [4.69, 9.17) is 9.47 Å². The SMILES string of the molecule is CCC(Oc1ccc(C)cc1)C(=O)NNC(=O)c1ccc(OCC(C)C)cc1. The van der Waals surface area contributed by atoms with Gasteiger partial charge in [-0.05, 0) is 55.7 Å². The Balaban J connectivity index is 1.86. The molecule has 0 radical (unpaired) electrons. The van der Waals surface area contributed by atoms with Crippen molar-refractivity contribution >= 4 is 11.8 Å².